The smallest absolute Gasteiger partial charge is 0.269 e. The van der Waals surface area contributed by atoms with Gasteiger partial charge in [-0.3, -0.25) is 10.1 Å². The van der Waals surface area contributed by atoms with Gasteiger partial charge in [-0.15, -0.1) is 11.3 Å². The summed E-state index contributed by atoms with van der Waals surface area (Å²) in [5, 5.41) is 24.6. The molecule has 0 saturated carbocycles. The zero-order valence-corrected chi connectivity index (χ0v) is 9.42. The van der Waals surface area contributed by atoms with Crippen molar-refractivity contribution >= 4 is 22.7 Å². The van der Waals surface area contributed by atoms with Crippen molar-refractivity contribution in [2.75, 3.05) is 0 Å². The molecule has 86 valence electrons. The second-order valence-electron chi connectivity index (χ2n) is 3.23. The van der Waals surface area contributed by atoms with Crippen LogP contribution in [0.15, 0.2) is 46.9 Å². The second-order valence-corrected chi connectivity index (χ2v) is 4.18. The Morgan fingerprint density at radius 1 is 1.29 bits per heavy atom. The zero-order valence-electron chi connectivity index (χ0n) is 8.61. The summed E-state index contributed by atoms with van der Waals surface area (Å²) >= 11 is 1.44. The molecule has 1 aromatic carbocycles. The van der Waals surface area contributed by atoms with Gasteiger partial charge < -0.3 is 5.21 Å². The third kappa shape index (κ3) is 2.31. The van der Waals surface area contributed by atoms with Crippen molar-refractivity contribution in [2.45, 2.75) is 0 Å². The van der Waals surface area contributed by atoms with Gasteiger partial charge in [0, 0.05) is 17.7 Å². The van der Waals surface area contributed by atoms with Crippen LogP contribution in [0.25, 0.3) is 0 Å². The third-order valence-corrected chi connectivity index (χ3v) is 3.08. The first kappa shape index (κ1) is 11.3. The first-order valence-electron chi connectivity index (χ1n) is 4.73. The molecule has 1 heterocycles. The normalized spacial score (nSPS) is 11.4. The first-order chi connectivity index (χ1) is 8.22. The molecule has 0 bridgehead atoms. The van der Waals surface area contributed by atoms with Crippen LogP contribution in [0, 0.1) is 10.1 Å². The molecule has 0 aliphatic heterocycles. The average Bonchev–Trinajstić information content (AvgIpc) is 2.84. The van der Waals surface area contributed by atoms with Gasteiger partial charge in [0.25, 0.3) is 5.69 Å². The minimum Gasteiger partial charge on any atom is -0.410 e. The lowest BCUT2D eigenvalue weighted by atomic mass is 10.1. The van der Waals surface area contributed by atoms with Crippen LogP contribution in [0.4, 0.5) is 5.69 Å². The number of thiophene rings is 1. The molecule has 0 atom stereocenters. The van der Waals surface area contributed by atoms with Crippen LogP contribution in [0.2, 0.25) is 0 Å². The summed E-state index contributed by atoms with van der Waals surface area (Å²) in [6, 6.07) is 9.56. The molecule has 1 N–H and O–H groups in total. The summed E-state index contributed by atoms with van der Waals surface area (Å²) in [7, 11) is 0. The monoisotopic (exact) mass is 248 g/mol. The Morgan fingerprint density at radius 3 is 2.47 bits per heavy atom. The molecule has 5 nitrogen and oxygen atoms in total. The summed E-state index contributed by atoms with van der Waals surface area (Å²) in [4.78, 5) is 10.8. The fraction of sp³-hybridized carbons (Fsp3) is 0. The van der Waals surface area contributed by atoms with Gasteiger partial charge in [-0.1, -0.05) is 11.2 Å². The van der Waals surface area contributed by atoms with E-state index in [2.05, 4.69) is 5.16 Å². The fourth-order valence-corrected chi connectivity index (χ4v) is 2.13. The van der Waals surface area contributed by atoms with Gasteiger partial charge in [0.2, 0.25) is 0 Å². The van der Waals surface area contributed by atoms with Crippen molar-refractivity contribution in [3.05, 3.63) is 62.3 Å². The number of hydrogen-bond donors (Lipinski definition) is 1. The third-order valence-electron chi connectivity index (χ3n) is 2.21. The molecule has 0 fully saturated rings. The van der Waals surface area contributed by atoms with Gasteiger partial charge in [-0.2, -0.15) is 0 Å². The van der Waals surface area contributed by atoms with Gasteiger partial charge in [-0.05, 0) is 23.6 Å². The molecule has 0 unspecified atom stereocenters. The summed E-state index contributed by atoms with van der Waals surface area (Å²) < 4.78 is 0. The highest BCUT2D eigenvalue weighted by Crippen LogP contribution is 2.18. The number of nitro benzene ring substituents is 1. The first-order valence-corrected chi connectivity index (χ1v) is 5.61. The van der Waals surface area contributed by atoms with Crippen molar-refractivity contribution < 1.29 is 10.1 Å². The Kier molecular flexibility index (Phi) is 3.15. The van der Waals surface area contributed by atoms with E-state index in [1.54, 1.807) is 12.1 Å². The topological polar surface area (TPSA) is 75.7 Å². The van der Waals surface area contributed by atoms with Crippen molar-refractivity contribution in [1.82, 2.24) is 0 Å². The summed E-state index contributed by atoms with van der Waals surface area (Å²) in [6.45, 7) is 0. The number of nitrogens with zero attached hydrogens (tertiary/aromatic N) is 2. The molecular weight excluding hydrogens is 240 g/mol. The highest BCUT2D eigenvalue weighted by atomic mass is 32.1. The number of oxime groups is 1. The largest absolute Gasteiger partial charge is 0.410 e. The molecule has 0 aliphatic carbocycles. The number of non-ortho nitro benzene ring substituents is 1. The van der Waals surface area contributed by atoms with Crippen molar-refractivity contribution in [3.8, 4) is 0 Å². The molecule has 1 aromatic heterocycles. The second kappa shape index (κ2) is 4.75. The predicted octanol–water partition coefficient (Wildman–Crippen LogP) is 2.88. The average molecular weight is 248 g/mol. The van der Waals surface area contributed by atoms with Crippen molar-refractivity contribution in [1.29, 1.82) is 0 Å². The van der Waals surface area contributed by atoms with E-state index >= 15 is 0 Å². The van der Waals surface area contributed by atoms with E-state index in [-0.39, 0.29) is 5.69 Å². The zero-order chi connectivity index (χ0) is 12.3. The lowest BCUT2D eigenvalue weighted by molar-refractivity contribution is -0.384. The molecule has 2 aromatic rings. The lowest BCUT2D eigenvalue weighted by Crippen LogP contribution is -2.01. The maximum absolute atomic E-state index is 10.5. The quantitative estimate of drug-likeness (QED) is 0.392. The Labute approximate surface area is 101 Å². The summed E-state index contributed by atoms with van der Waals surface area (Å²) in [5.41, 5.74) is 1.06. The molecule has 0 spiro atoms. The predicted molar refractivity (Wildman–Crippen MR) is 64.8 cm³/mol. The van der Waals surface area contributed by atoms with E-state index in [1.165, 1.54) is 23.5 Å². The van der Waals surface area contributed by atoms with Gasteiger partial charge in [0.1, 0.15) is 5.71 Å². The summed E-state index contributed by atoms with van der Waals surface area (Å²) in [5.74, 6) is 0. The molecule has 0 aliphatic rings. The molecular formula is C11H8N2O3S. The fourth-order valence-electron chi connectivity index (χ4n) is 1.40. The summed E-state index contributed by atoms with van der Waals surface area (Å²) in [6.07, 6.45) is 0. The van der Waals surface area contributed by atoms with E-state index < -0.39 is 4.92 Å². The van der Waals surface area contributed by atoms with Crippen molar-refractivity contribution in [3.63, 3.8) is 0 Å². The number of hydrogen-bond acceptors (Lipinski definition) is 5. The van der Waals surface area contributed by atoms with E-state index in [4.69, 9.17) is 5.21 Å². The van der Waals surface area contributed by atoms with E-state index in [0.29, 0.717) is 11.3 Å². The Bertz CT molecular complexity index is 547. The van der Waals surface area contributed by atoms with Crippen LogP contribution in [-0.2, 0) is 0 Å². The Morgan fingerprint density at radius 2 is 2.00 bits per heavy atom. The van der Waals surface area contributed by atoms with Crippen LogP contribution >= 0.6 is 11.3 Å². The number of rotatable bonds is 3. The van der Waals surface area contributed by atoms with Gasteiger partial charge in [0.05, 0.1) is 9.80 Å². The van der Waals surface area contributed by atoms with Gasteiger partial charge in [-0.25, -0.2) is 0 Å². The SMILES string of the molecule is O=[N+]([O-])c1ccc(/C(=N/O)c2cccs2)cc1. The van der Waals surface area contributed by atoms with E-state index in [1.807, 2.05) is 17.5 Å². The van der Waals surface area contributed by atoms with Gasteiger partial charge in [0.15, 0.2) is 0 Å². The van der Waals surface area contributed by atoms with Crippen LogP contribution in [0.3, 0.4) is 0 Å². The minimum atomic E-state index is -0.468. The molecule has 0 saturated heterocycles. The standard InChI is InChI=1S/C11H8N2O3S/c14-12-11(10-2-1-7-17-10)8-3-5-9(6-4-8)13(15)16/h1-7,14H/b12-11-. The maximum Gasteiger partial charge on any atom is 0.269 e. The Hall–Kier alpha value is -2.21. The van der Waals surface area contributed by atoms with Crippen LogP contribution < -0.4 is 0 Å². The number of nitro groups is 1. The van der Waals surface area contributed by atoms with Gasteiger partial charge >= 0.3 is 0 Å². The van der Waals surface area contributed by atoms with Crippen LogP contribution in [-0.4, -0.2) is 15.8 Å². The molecule has 0 radical (unpaired) electrons. The molecule has 2 rings (SSSR count). The highest BCUT2D eigenvalue weighted by Gasteiger charge is 2.11. The van der Waals surface area contributed by atoms with Crippen LogP contribution in [0.5, 0.6) is 0 Å². The minimum absolute atomic E-state index is 0.0113. The Balaban J connectivity index is 2.37. The van der Waals surface area contributed by atoms with E-state index in [9.17, 15) is 10.1 Å². The maximum atomic E-state index is 10.5. The molecule has 17 heavy (non-hydrogen) atoms. The highest BCUT2D eigenvalue weighted by molar-refractivity contribution is 7.12. The van der Waals surface area contributed by atoms with E-state index in [0.717, 1.165) is 4.88 Å². The molecule has 0 amide bonds. The van der Waals surface area contributed by atoms with Crippen molar-refractivity contribution in [2.24, 2.45) is 5.16 Å². The van der Waals surface area contributed by atoms with Crippen LogP contribution in [0.1, 0.15) is 10.4 Å². The lowest BCUT2D eigenvalue weighted by Gasteiger charge is -2.01. The number of benzene rings is 1. The molecule has 6 heteroatoms.